The number of halogens is 2. The molecule has 2 rings (SSSR count). The van der Waals surface area contributed by atoms with Gasteiger partial charge in [0, 0.05) is 32.4 Å². The van der Waals surface area contributed by atoms with E-state index in [4.69, 9.17) is 28.3 Å². The highest BCUT2D eigenvalue weighted by Crippen LogP contribution is 2.20. The third-order valence-electron chi connectivity index (χ3n) is 3.06. The van der Waals surface area contributed by atoms with Crippen molar-refractivity contribution in [2.24, 2.45) is 0 Å². The number of rotatable bonds is 3. The Morgan fingerprint density at radius 3 is 2.45 bits per heavy atom. The topological polar surface area (TPSA) is 73.7 Å². The molecule has 0 atom stereocenters. The lowest BCUT2D eigenvalue weighted by atomic mass is 10.2. The summed E-state index contributed by atoms with van der Waals surface area (Å²) in [6.07, 6.45) is 1.39. The number of hydrogen-bond acceptors (Lipinski definition) is 4. The molecule has 0 bridgehead atoms. The SMILES string of the molecule is O=C(O)CN1CCN(C(=O)c2cnc(Cl)c(Cl)c2)CC1. The predicted molar refractivity (Wildman–Crippen MR) is 74.2 cm³/mol. The molecule has 20 heavy (non-hydrogen) atoms. The number of amides is 1. The maximum Gasteiger partial charge on any atom is 0.317 e. The van der Waals surface area contributed by atoms with Gasteiger partial charge < -0.3 is 10.0 Å². The minimum Gasteiger partial charge on any atom is -0.480 e. The summed E-state index contributed by atoms with van der Waals surface area (Å²) in [5, 5.41) is 9.12. The molecule has 8 heteroatoms. The Morgan fingerprint density at radius 1 is 1.25 bits per heavy atom. The molecule has 0 aliphatic carbocycles. The number of hydrogen-bond donors (Lipinski definition) is 1. The van der Waals surface area contributed by atoms with Crippen LogP contribution in [0.5, 0.6) is 0 Å². The van der Waals surface area contributed by atoms with Gasteiger partial charge in [-0.2, -0.15) is 0 Å². The second-order valence-corrected chi connectivity index (χ2v) is 5.22. The van der Waals surface area contributed by atoms with E-state index in [-0.39, 0.29) is 22.6 Å². The second-order valence-electron chi connectivity index (χ2n) is 4.46. The monoisotopic (exact) mass is 317 g/mol. The highest BCUT2D eigenvalue weighted by atomic mass is 35.5. The van der Waals surface area contributed by atoms with Gasteiger partial charge in [0.2, 0.25) is 0 Å². The van der Waals surface area contributed by atoms with Crippen LogP contribution in [-0.2, 0) is 4.79 Å². The van der Waals surface area contributed by atoms with Crippen LogP contribution in [0.2, 0.25) is 10.2 Å². The first kappa shape index (κ1) is 15.0. The summed E-state index contributed by atoms with van der Waals surface area (Å²) in [5.74, 6) is -1.04. The van der Waals surface area contributed by atoms with E-state index in [1.807, 2.05) is 0 Å². The van der Waals surface area contributed by atoms with E-state index in [0.717, 1.165) is 0 Å². The molecule has 108 valence electrons. The number of nitrogens with zero attached hydrogens (tertiary/aromatic N) is 3. The van der Waals surface area contributed by atoms with Crippen molar-refractivity contribution < 1.29 is 14.7 Å². The Morgan fingerprint density at radius 2 is 1.90 bits per heavy atom. The minimum atomic E-state index is -0.863. The fourth-order valence-electron chi connectivity index (χ4n) is 2.02. The third-order valence-corrected chi connectivity index (χ3v) is 3.75. The molecule has 6 nitrogen and oxygen atoms in total. The minimum absolute atomic E-state index is 0.00361. The lowest BCUT2D eigenvalue weighted by molar-refractivity contribution is -0.138. The molecule has 0 spiro atoms. The van der Waals surface area contributed by atoms with Gasteiger partial charge in [-0.25, -0.2) is 4.98 Å². The average molecular weight is 318 g/mol. The summed E-state index contributed by atoms with van der Waals surface area (Å²) in [6.45, 7) is 2.02. The van der Waals surface area contributed by atoms with E-state index in [1.54, 1.807) is 9.80 Å². The largest absolute Gasteiger partial charge is 0.480 e. The number of carbonyl (C=O) groups is 2. The molecule has 0 radical (unpaired) electrons. The maximum absolute atomic E-state index is 12.2. The van der Waals surface area contributed by atoms with Crippen LogP contribution in [-0.4, -0.2) is 64.5 Å². The predicted octanol–water partition coefficient (Wildman–Crippen LogP) is 1.23. The van der Waals surface area contributed by atoms with Gasteiger partial charge in [0.25, 0.3) is 5.91 Å². The molecule has 1 fully saturated rings. The molecule has 2 heterocycles. The van der Waals surface area contributed by atoms with Crippen LogP contribution >= 0.6 is 23.2 Å². The number of carboxylic acid groups (broad SMARTS) is 1. The Hall–Kier alpha value is -1.37. The van der Waals surface area contributed by atoms with Crippen LogP contribution < -0.4 is 0 Å². The zero-order chi connectivity index (χ0) is 14.7. The van der Waals surface area contributed by atoms with Crippen molar-refractivity contribution in [3.8, 4) is 0 Å². The van der Waals surface area contributed by atoms with E-state index >= 15 is 0 Å². The standard InChI is InChI=1S/C12H13Cl2N3O3/c13-9-5-8(6-15-11(9)14)12(20)17-3-1-16(2-4-17)7-10(18)19/h5-6H,1-4,7H2,(H,18,19). The number of carbonyl (C=O) groups excluding carboxylic acids is 1. The zero-order valence-corrected chi connectivity index (χ0v) is 12.1. The molecule has 1 aliphatic rings. The molecular weight excluding hydrogens is 305 g/mol. The van der Waals surface area contributed by atoms with Gasteiger partial charge in [-0.3, -0.25) is 14.5 Å². The summed E-state index contributed by atoms with van der Waals surface area (Å²) in [4.78, 5) is 30.1. The first-order valence-corrected chi connectivity index (χ1v) is 6.77. The summed E-state index contributed by atoms with van der Waals surface area (Å²) < 4.78 is 0. The zero-order valence-electron chi connectivity index (χ0n) is 10.6. The quantitative estimate of drug-likeness (QED) is 0.849. The van der Waals surface area contributed by atoms with Gasteiger partial charge >= 0.3 is 5.97 Å². The Labute approximate surface area is 125 Å². The highest BCUT2D eigenvalue weighted by Gasteiger charge is 2.23. The number of carboxylic acids is 1. The van der Waals surface area contributed by atoms with Crippen molar-refractivity contribution in [3.63, 3.8) is 0 Å². The van der Waals surface area contributed by atoms with E-state index in [0.29, 0.717) is 31.7 Å². The van der Waals surface area contributed by atoms with Crippen molar-refractivity contribution in [3.05, 3.63) is 28.0 Å². The van der Waals surface area contributed by atoms with E-state index in [1.165, 1.54) is 12.3 Å². The van der Waals surface area contributed by atoms with Crippen LogP contribution in [0.3, 0.4) is 0 Å². The first-order valence-electron chi connectivity index (χ1n) is 6.02. The van der Waals surface area contributed by atoms with Crippen molar-refractivity contribution in [1.82, 2.24) is 14.8 Å². The Bertz CT molecular complexity index is 531. The van der Waals surface area contributed by atoms with Gasteiger partial charge in [-0.1, -0.05) is 23.2 Å². The van der Waals surface area contributed by atoms with Gasteiger partial charge in [-0.05, 0) is 6.07 Å². The van der Waals surface area contributed by atoms with Crippen LogP contribution in [0, 0.1) is 0 Å². The van der Waals surface area contributed by atoms with Crippen LogP contribution in [0.4, 0.5) is 0 Å². The number of aliphatic carboxylic acids is 1. The molecular formula is C12H13Cl2N3O3. The third kappa shape index (κ3) is 3.59. The molecule has 1 N–H and O–H groups in total. The normalized spacial score (nSPS) is 16.2. The summed E-state index contributed by atoms with van der Waals surface area (Å²) >= 11 is 11.5. The molecule has 0 saturated carbocycles. The van der Waals surface area contributed by atoms with Crippen molar-refractivity contribution in [2.45, 2.75) is 0 Å². The molecule has 1 saturated heterocycles. The Balaban J connectivity index is 1.97. The Kier molecular flexibility index (Phi) is 4.80. The molecule has 1 amide bonds. The molecule has 1 aromatic rings. The fourth-order valence-corrected chi connectivity index (χ4v) is 2.29. The van der Waals surface area contributed by atoms with Gasteiger partial charge in [-0.15, -0.1) is 0 Å². The van der Waals surface area contributed by atoms with Crippen molar-refractivity contribution in [2.75, 3.05) is 32.7 Å². The van der Waals surface area contributed by atoms with Crippen LogP contribution in [0.15, 0.2) is 12.3 Å². The van der Waals surface area contributed by atoms with Gasteiger partial charge in [0.15, 0.2) is 0 Å². The number of piperazine rings is 1. The molecule has 0 aromatic carbocycles. The van der Waals surface area contributed by atoms with Crippen LogP contribution in [0.1, 0.15) is 10.4 Å². The van der Waals surface area contributed by atoms with Gasteiger partial charge in [0.05, 0.1) is 17.1 Å². The molecule has 1 aromatic heterocycles. The fraction of sp³-hybridized carbons (Fsp3) is 0.417. The molecule has 1 aliphatic heterocycles. The highest BCUT2D eigenvalue weighted by molar-refractivity contribution is 6.41. The van der Waals surface area contributed by atoms with Crippen molar-refractivity contribution in [1.29, 1.82) is 0 Å². The first-order chi connectivity index (χ1) is 9.47. The smallest absolute Gasteiger partial charge is 0.317 e. The van der Waals surface area contributed by atoms with E-state index in [2.05, 4.69) is 4.98 Å². The number of aromatic nitrogens is 1. The van der Waals surface area contributed by atoms with Crippen LogP contribution in [0.25, 0.3) is 0 Å². The van der Waals surface area contributed by atoms with Crippen molar-refractivity contribution >= 4 is 35.1 Å². The summed E-state index contributed by atoms with van der Waals surface area (Å²) in [6, 6.07) is 1.49. The molecule has 0 unspecified atom stereocenters. The second kappa shape index (κ2) is 6.39. The maximum atomic E-state index is 12.2. The lowest BCUT2D eigenvalue weighted by Crippen LogP contribution is -2.49. The summed E-state index contributed by atoms with van der Waals surface area (Å²) in [7, 11) is 0. The number of pyridine rings is 1. The summed E-state index contributed by atoms with van der Waals surface area (Å²) in [5.41, 5.74) is 0.381. The lowest BCUT2D eigenvalue weighted by Gasteiger charge is -2.33. The average Bonchev–Trinajstić information content (AvgIpc) is 2.41. The van der Waals surface area contributed by atoms with Gasteiger partial charge in [0.1, 0.15) is 5.15 Å². The van der Waals surface area contributed by atoms with E-state index < -0.39 is 5.97 Å². The van der Waals surface area contributed by atoms with E-state index in [9.17, 15) is 9.59 Å².